The molecule has 0 bridgehead atoms. The number of H-pyrrole nitrogens is 1. The summed E-state index contributed by atoms with van der Waals surface area (Å²) in [5, 5.41) is 30.7. The SMILES string of the molecule is CC(=O)O.CC(=O)O.CCOc1cc(C(Nc2ccc(C(=N)N)cc2)c2nn(-c3ccccc3OC)c(=O)[nH]2)ccc1OC1CCN(C)C1. The van der Waals surface area contributed by atoms with E-state index >= 15 is 0 Å². The fraction of sp³-hybridized carbons (Fsp3) is 0.324. The number of nitrogens with zero attached hydrogens (tertiary/aromatic N) is 3. The number of carbonyl (C=O) groups is 2. The number of rotatable bonds is 11. The first-order valence-electron chi connectivity index (χ1n) is 15.4. The van der Waals surface area contributed by atoms with E-state index in [1.54, 1.807) is 31.4 Å². The number of hydrogen-bond donors (Lipinski definition) is 6. The Balaban J connectivity index is 0.000000734. The number of para-hydroxylation sites is 2. The Morgan fingerprint density at radius 3 is 2.29 bits per heavy atom. The Hall–Kier alpha value is -5.83. The van der Waals surface area contributed by atoms with Gasteiger partial charge in [-0.05, 0) is 74.5 Å². The molecule has 0 radical (unpaired) electrons. The van der Waals surface area contributed by atoms with E-state index in [0.29, 0.717) is 40.9 Å². The van der Waals surface area contributed by atoms with Crippen LogP contribution in [0.25, 0.3) is 5.69 Å². The zero-order valence-electron chi connectivity index (χ0n) is 28.1. The molecule has 0 aliphatic carbocycles. The summed E-state index contributed by atoms with van der Waals surface area (Å²) >= 11 is 0. The molecule has 7 N–H and O–H groups in total. The number of amidine groups is 1. The molecule has 15 nitrogen and oxygen atoms in total. The summed E-state index contributed by atoms with van der Waals surface area (Å²) in [4.78, 5) is 36.3. The first kappa shape index (κ1) is 37.6. The molecule has 49 heavy (non-hydrogen) atoms. The van der Waals surface area contributed by atoms with Crippen LogP contribution in [-0.2, 0) is 9.59 Å². The van der Waals surface area contributed by atoms with Gasteiger partial charge in [0.05, 0.1) is 13.7 Å². The molecule has 0 saturated carbocycles. The lowest BCUT2D eigenvalue weighted by atomic mass is 10.0. The highest BCUT2D eigenvalue weighted by atomic mass is 16.5. The van der Waals surface area contributed by atoms with Gasteiger partial charge in [0.2, 0.25) is 0 Å². The molecule has 4 aromatic rings. The van der Waals surface area contributed by atoms with Gasteiger partial charge < -0.3 is 40.4 Å². The topological polar surface area (TPSA) is 218 Å². The molecule has 1 saturated heterocycles. The van der Waals surface area contributed by atoms with E-state index in [9.17, 15) is 4.79 Å². The van der Waals surface area contributed by atoms with Crippen LogP contribution < -0.4 is 31.0 Å². The van der Waals surface area contributed by atoms with Gasteiger partial charge in [0.1, 0.15) is 29.4 Å². The van der Waals surface area contributed by atoms with Crippen LogP contribution in [0.4, 0.5) is 5.69 Å². The second-order valence-electron chi connectivity index (χ2n) is 10.9. The van der Waals surface area contributed by atoms with Crippen molar-refractivity contribution >= 4 is 23.5 Å². The van der Waals surface area contributed by atoms with Crippen LogP contribution in [0.3, 0.4) is 0 Å². The number of nitrogens with one attached hydrogen (secondary N) is 3. The predicted octanol–water partition coefficient (Wildman–Crippen LogP) is 3.72. The van der Waals surface area contributed by atoms with Crippen LogP contribution >= 0.6 is 0 Å². The third-order valence-corrected chi connectivity index (χ3v) is 6.97. The van der Waals surface area contributed by atoms with Crippen molar-refractivity contribution in [1.82, 2.24) is 19.7 Å². The number of ether oxygens (including phenoxy) is 3. The number of aliphatic carboxylic acids is 2. The minimum Gasteiger partial charge on any atom is -0.494 e. The van der Waals surface area contributed by atoms with Crippen molar-refractivity contribution in [2.45, 2.75) is 39.3 Å². The molecule has 0 spiro atoms. The number of nitrogen functional groups attached to an aromatic ring is 1. The second kappa shape index (κ2) is 17.9. The molecule has 5 rings (SSSR count). The van der Waals surface area contributed by atoms with E-state index in [-0.39, 0.29) is 11.9 Å². The maximum absolute atomic E-state index is 13.1. The summed E-state index contributed by atoms with van der Waals surface area (Å²) in [7, 11) is 3.63. The quantitative estimate of drug-likeness (QED) is 0.0989. The molecule has 262 valence electrons. The lowest BCUT2D eigenvalue weighted by Gasteiger charge is -2.22. The number of likely N-dealkylation sites (N-methyl/N-ethyl adjacent to an activating group) is 1. The van der Waals surface area contributed by atoms with Gasteiger partial charge in [-0.2, -0.15) is 4.68 Å². The van der Waals surface area contributed by atoms with Crippen molar-refractivity contribution in [2.24, 2.45) is 5.73 Å². The molecule has 3 aromatic carbocycles. The van der Waals surface area contributed by atoms with Crippen LogP contribution in [0.5, 0.6) is 17.2 Å². The van der Waals surface area contributed by atoms with Crippen LogP contribution in [-0.4, -0.2) is 87.6 Å². The first-order valence-corrected chi connectivity index (χ1v) is 15.4. The normalized spacial score (nSPS) is 14.3. The maximum Gasteiger partial charge on any atom is 0.348 e. The minimum atomic E-state index is -0.833. The molecule has 2 unspecified atom stereocenters. The maximum atomic E-state index is 13.1. The van der Waals surface area contributed by atoms with Crippen LogP contribution in [0.15, 0.2) is 71.5 Å². The molecule has 15 heteroatoms. The number of anilines is 1. The van der Waals surface area contributed by atoms with E-state index < -0.39 is 23.7 Å². The number of nitrogens with two attached hydrogens (primary N) is 1. The molecule has 1 aliphatic heterocycles. The van der Waals surface area contributed by atoms with Gasteiger partial charge in [0.25, 0.3) is 11.9 Å². The monoisotopic (exact) mass is 677 g/mol. The van der Waals surface area contributed by atoms with Gasteiger partial charge >= 0.3 is 5.69 Å². The zero-order chi connectivity index (χ0) is 36.1. The van der Waals surface area contributed by atoms with E-state index in [1.165, 1.54) is 4.68 Å². The Morgan fingerprint density at radius 2 is 1.71 bits per heavy atom. The Bertz CT molecular complexity index is 1750. The number of benzene rings is 3. The zero-order valence-corrected chi connectivity index (χ0v) is 28.1. The van der Waals surface area contributed by atoms with Crippen molar-refractivity contribution in [2.75, 3.05) is 39.2 Å². The molecule has 1 aliphatic rings. The van der Waals surface area contributed by atoms with Gasteiger partial charge in [-0.25, -0.2) is 4.79 Å². The average molecular weight is 678 g/mol. The Labute approximate surface area is 283 Å². The smallest absolute Gasteiger partial charge is 0.348 e. The highest BCUT2D eigenvalue weighted by Crippen LogP contribution is 2.35. The predicted molar refractivity (Wildman–Crippen MR) is 184 cm³/mol. The summed E-state index contributed by atoms with van der Waals surface area (Å²) < 4.78 is 19.1. The number of methoxy groups -OCH3 is 1. The van der Waals surface area contributed by atoms with E-state index in [1.807, 2.05) is 49.4 Å². The van der Waals surface area contributed by atoms with Crippen molar-refractivity contribution in [3.8, 4) is 22.9 Å². The molecular weight excluding hydrogens is 634 g/mol. The van der Waals surface area contributed by atoms with Gasteiger partial charge in [-0.3, -0.25) is 20.0 Å². The van der Waals surface area contributed by atoms with Crippen LogP contribution in [0.1, 0.15) is 50.2 Å². The number of carboxylic acid groups (broad SMARTS) is 2. The van der Waals surface area contributed by atoms with E-state index in [2.05, 4.69) is 27.3 Å². The van der Waals surface area contributed by atoms with Crippen molar-refractivity contribution in [3.63, 3.8) is 0 Å². The van der Waals surface area contributed by atoms with Crippen molar-refractivity contribution in [1.29, 1.82) is 5.41 Å². The summed E-state index contributed by atoms with van der Waals surface area (Å²) in [6.45, 7) is 6.41. The molecule has 0 amide bonds. The van der Waals surface area contributed by atoms with Crippen LogP contribution in [0, 0.1) is 5.41 Å². The van der Waals surface area contributed by atoms with Gasteiger partial charge in [-0.15, -0.1) is 5.10 Å². The Kier molecular flexibility index (Phi) is 13.8. The van der Waals surface area contributed by atoms with Gasteiger partial charge in [0, 0.05) is 38.2 Å². The molecule has 1 fully saturated rings. The lowest BCUT2D eigenvalue weighted by molar-refractivity contribution is -0.135. The van der Waals surface area contributed by atoms with E-state index in [4.69, 9.17) is 45.2 Å². The largest absolute Gasteiger partial charge is 0.494 e. The summed E-state index contributed by atoms with van der Waals surface area (Å²) in [5.74, 6) is 0.524. The highest BCUT2D eigenvalue weighted by molar-refractivity contribution is 5.95. The first-order chi connectivity index (χ1) is 23.3. The number of carboxylic acids is 2. The number of likely N-dealkylation sites (tertiary alicyclic amines) is 1. The lowest BCUT2D eigenvalue weighted by Crippen LogP contribution is -2.22. The number of aromatic amines is 1. The van der Waals surface area contributed by atoms with Gasteiger partial charge in [-0.1, -0.05) is 18.2 Å². The molecule has 2 heterocycles. The highest BCUT2D eigenvalue weighted by Gasteiger charge is 2.25. The third kappa shape index (κ3) is 11.1. The van der Waals surface area contributed by atoms with E-state index in [0.717, 1.165) is 44.6 Å². The minimum absolute atomic E-state index is 0.0154. The fourth-order valence-electron chi connectivity index (χ4n) is 4.90. The van der Waals surface area contributed by atoms with Gasteiger partial charge in [0.15, 0.2) is 17.3 Å². The average Bonchev–Trinajstić information content (AvgIpc) is 3.64. The Morgan fingerprint density at radius 1 is 1.06 bits per heavy atom. The van der Waals surface area contributed by atoms with Crippen molar-refractivity contribution in [3.05, 3.63) is 94.2 Å². The molecule has 1 aromatic heterocycles. The van der Waals surface area contributed by atoms with Crippen molar-refractivity contribution < 1.29 is 34.0 Å². The number of aromatic nitrogens is 3. The summed E-state index contributed by atoms with van der Waals surface area (Å²) in [5.41, 5.74) is 7.93. The fourth-order valence-corrected chi connectivity index (χ4v) is 4.90. The molecule has 2 atom stereocenters. The summed E-state index contributed by atoms with van der Waals surface area (Å²) in [6.07, 6.45) is 1.04. The van der Waals surface area contributed by atoms with Crippen LogP contribution in [0.2, 0.25) is 0 Å². The molecular formula is C34H43N7O8. The third-order valence-electron chi connectivity index (χ3n) is 6.97. The standard InChI is InChI=1S/C30H35N7O4.2C2H4O2/c1-4-40-26-17-20(11-14-25(26)41-22-15-16-36(2)18-22)27(33-21-12-9-19(10-13-21)28(31)32)29-34-30(38)37(35-29)23-7-5-6-8-24(23)39-3;2*1-2(3)4/h5-14,17,22,27,33H,4,15-16,18H2,1-3H3,(H3,31,32)(H,34,35,38);2*1H3,(H,3,4). The number of hydrogen-bond acceptors (Lipinski definition) is 10. The second-order valence-corrected chi connectivity index (χ2v) is 10.9. The summed E-state index contributed by atoms with van der Waals surface area (Å²) in [6, 6.07) is 19.6.